The van der Waals surface area contributed by atoms with Gasteiger partial charge in [0, 0.05) is 18.8 Å². The van der Waals surface area contributed by atoms with Crippen molar-refractivity contribution in [2.24, 2.45) is 0 Å². The molecule has 1 rings (SSSR count). The van der Waals surface area contributed by atoms with Crippen LogP contribution in [0.2, 0.25) is 0 Å². The highest BCUT2D eigenvalue weighted by Crippen LogP contribution is 2.13. The molecule has 6 heteroatoms. The van der Waals surface area contributed by atoms with E-state index in [9.17, 15) is 14.4 Å². The lowest BCUT2D eigenvalue weighted by molar-refractivity contribution is -0.136. The Kier molecular flexibility index (Phi) is 6.22. The molecule has 1 aromatic carbocycles. The molecule has 0 unspecified atom stereocenters. The zero-order chi connectivity index (χ0) is 15.0. The van der Waals surface area contributed by atoms with Gasteiger partial charge in [0.05, 0.1) is 0 Å². The number of carbonyl (C=O) groups excluding carboxylic acids is 3. The summed E-state index contributed by atoms with van der Waals surface area (Å²) in [6, 6.07) is 5.45. The zero-order valence-electron chi connectivity index (χ0n) is 11.7. The number of aryl methyl sites for hydroxylation is 2. The molecular weight excluding hydrogens is 258 g/mol. The van der Waals surface area contributed by atoms with Crippen LogP contribution in [0.4, 0.5) is 5.69 Å². The Labute approximate surface area is 117 Å². The molecule has 0 heterocycles. The van der Waals surface area contributed by atoms with Gasteiger partial charge in [0.1, 0.15) is 0 Å². The van der Waals surface area contributed by atoms with E-state index < -0.39 is 11.8 Å². The Hall–Kier alpha value is -2.37. The van der Waals surface area contributed by atoms with Crippen molar-refractivity contribution in [2.75, 3.05) is 18.4 Å². The number of rotatable bonds is 6. The Bertz CT molecular complexity index is 500. The van der Waals surface area contributed by atoms with Gasteiger partial charge in [-0.2, -0.15) is 0 Å². The summed E-state index contributed by atoms with van der Waals surface area (Å²) in [5, 5.41) is 7.49. The lowest BCUT2D eigenvalue weighted by Crippen LogP contribution is -2.36. The number of carbonyl (C=O) groups is 3. The first kappa shape index (κ1) is 15.7. The Morgan fingerprint density at radius 2 is 1.85 bits per heavy atom. The van der Waals surface area contributed by atoms with E-state index in [1.807, 2.05) is 26.0 Å². The van der Waals surface area contributed by atoms with E-state index in [1.54, 1.807) is 6.07 Å². The summed E-state index contributed by atoms with van der Waals surface area (Å²) in [6.45, 7) is 4.70. The topological polar surface area (TPSA) is 87.3 Å². The number of hydrogen-bond donors (Lipinski definition) is 3. The first-order valence-electron chi connectivity index (χ1n) is 6.38. The summed E-state index contributed by atoms with van der Waals surface area (Å²) in [5.41, 5.74) is 2.76. The number of hydrogen-bond acceptors (Lipinski definition) is 3. The molecule has 108 valence electrons. The van der Waals surface area contributed by atoms with E-state index in [2.05, 4.69) is 16.0 Å². The fraction of sp³-hybridized carbons (Fsp3) is 0.357. The van der Waals surface area contributed by atoms with Gasteiger partial charge in [-0.25, -0.2) is 0 Å². The SMILES string of the molecule is Cc1ccc(NC(=O)C(=O)NCCCNC=O)cc1C. The van der Waals surface area contributed by atoms with Crippen LogP contribution in [0.25, 0.3) is 0 Å². The summed E-state index contributed by atoms with van der Waals surface area (Å²) in [7, 11) is 0. The molecule has 0 saturated carbocycles. The highest BCUT2D eigenvalue weighted by Gasteiger charge is 2.12. The van der Waals surface area contributed by atoms with E-state index in [-0.39, 0.29) is 0 Å². The van der Waals surface area contributed by atoms with E-state index in [4.69, 9.17) is 0 Å². The molecule has 3 N–H and O–H groups in total. The van der Waals surface area contributed by atoms with Crippen molar-refractivity contribution in [2.45, 2.75) is 20.3 Å². The minimum Gasteiger partial charge on any atom is -0.359 e. The molecule has 0 aliphatic carbocycles. The smallest absolute Gasteiger partial charge is 0.313 e. The van der Waals surface area contributed by atoms with E-state index >= 15 is 0 Å². The van der Waals surface area contributed by atoms with Gasteiger partial charge in [-0.1, -0.05) is 6.07 Å². The van der Waals surface area contributed by atoms with E-state index in [0.29, 0.717) is 31.6 Å². The van der Waals surface area contributed by atoms with Crippen molar-refractivity contribution >= 4 is 23.9 Å². The Balaban J connectivity index is 2.39. The zero-order valence-corrected chi connectivity index (χ0v) is 11.7. The maximum absolute atomic E-state index is 11.6. The summed E-state index contributed by atoms with van der Waals surface area (Å²) in [6.07, 6.45) is 1.16. The summed E-state index contributed by atoms with van der Waals surface area (Å²) < 4.78 is 0. The quantitative estimate of drug-likeness (QED) is 0.402. The number of amides is 3. The van der Waals surface area contributed by atoms with Gasteiger partial charge < -0.3 is 16.0 Å². The third-order valence-electron chi connectivity index (χ3n) is 2.84. The molecule has 20 heavy (non-hydrogen) atoms. The second-order valence-corrected chi connectivity index (χ2v) is 4.43. The van der Waals surface area contributed by atoms with Gasteiger partial charge in [-0.15, -0.1) is 0 Å². The van der Waals surface area contributed by atoms with E-state index in [1.165, 1.54) is 0 Å². The van der Waals surface area contributed by atoms with Crippen LogP contribution in [0, 0.1) is 13.8 Å². The maximum atomic E-state index is 11.6. The van der Waals surface area contributed by atoms with Gasteiger partial charge >= 0.3 is 11.8 Å². The molecule has 0 fully saturated rings. The van der Waals surface area contributed by atoms with Crippen LogP contribution in [0.3, 0.4) is 0 Å². The van der Waals surface area contributed by atoms with Crippen LogP contribution in [0.15, 0.2) is 18.2 Å². The van der Waals surface area contributed by atoms with Gasteiger partial charge in [0.15, 0.2) is 0 Å². The molecule has 0 radical (unpaired) electrons. The lowest BCUT2D eigenvalue weighted by atomic mass is 10.1. The van der Waals surface area contributed by atoms with Crippen molar-refractivity contribution in [3.8, 4) is 0 Å². The molecule has 0 aromatic heterocycles. The number of benzene rings is 1. The summed E-state index contributed by atoms with van der Waals surface area (Å²) >= 11 is 0. The molecule has 6 nitrogen and oxygen atoms in total. The maximum Gasteiger partial charge on any atom is 0.313 e. The second kappa shape index (κ2) is 7.93. The molecule has 0 bridgehead atoms. The molecule has 0 spiro atoms. The van der Waals surface area contributed by atoms with Gasteiger partial charge in [-0.3, -0.25) is 14.4 Å². The van der Waals surface area contributed by atoms with Crippen LogP contribution < -0.4 is 16.0 Å². The third kappa shape index (κ3) is 5.09. The van der Waals surface area contributed by atoms with Crippen LogP contribution in [0.5, 0.6) is 0 Å². The highest BCUT2D eigenvalue weighted by molar-refractivity contribution is 6.39. The van der Waals surface area contributed by atoms with Crippen molar-refractivity contribution in [3.05, 3.63) is 29.3 Å². The largest absolute Gasteiger partial charge is 0.359 e. The Morgan fingerprint density at radius 1 is 1.10 bits per heavy atom. The predicted molar refractivity (Wildman–Crippen MR) is 76.2 cm³/mol. The number of anilines is 1. The van der Waals surface area contributed by atoms with Crippen LogP contribution in [0.1, 0.15) is 17.5 Å². The third-order valence-corrected chi connectivity index (χ3v) is 2.84. The minimum absolute atomic E-state index is 0.333. The number of nitrogens with one attached hydrogen (secondary N) is 3. The van der Waals surface area contributed by atoms with Crippen molar-refractivity contribution in [3.63, 3.8) is 0 Å². The lowest BCUT2D eigenvalue weighted by Gasteiger charge is -2.08. The summed E-state index contributed by atoms with van der Waals surface area (Å²) in [5.74, 6) is -1.38. The average Bonchev–Trinajstić information content (AvgIpc) is 2.42. The molecule has 3 amide bonds. The van der Waals surface area contributed by atoms with Crippen molar-refractivity contribution in [1.29, 1.82) is 0 Å². The second-order valence-electron chi connectivity index (χ2n) is 4.43. The average molecular weight is 277 g/mol. The van der Waals surface area contributed by atoms with Crippen LogP contribution in [-0.4, -0.2) is 31.3 Å². The molecular formula is C14H19N3O3. The highest BCUT2D eigenvalue weighted by atomic mass is 16.2. The standard InChI is InChI=1S/C14H19N3O3/c1-10-4-5-12(8-11(10)2)17-14(20)13(19)16-7-3-6-15-9-18/h4-5,8-9H,3,6-7H2,1-2H3,(H,15,18)(H,16,19)(H,17,20). The van der Waals surface area contributed by atoms with Gasteiger partial charge in [0.25, 0.3) is 0 Å². The summed E-state index contributed by atoms with van der Waals surface area (Å²) in [4.78, 5) is 33.2. The molecule has 0 aliphatic heterocycles. The Morgan fingerprint density at radius 3 is 2.50 bits per heavy atom. The monoisotopic (exact) mass is 277 g/mol. The van der Waals surface area contributed by atoms with Crippen LogP contribution in [-0.2, 0) is 14.4 Å². The fourth-order valence-corrected chi connectivity index (χ4v) is 1.54. The van der Waals surface area contributed by atoms with E-state index in [0.717, 1.165) is 11.1 Å². The fourth-order valence-electron chi connectivity index (χ4n) is 1.54. The normalized spacial score (nSPS) is 9.70. The molecule has 0 saturated heterocycles. The van der Waals surface area contributed by atoms with Gasteiger partial charge in [0.2, 0.25) is 6.41 Å². The predicted octanol–water partition coefficient (Wildman–Crippen LogP) is 0.494. The minimum atomic E-state index is -0.698. The first-order chi connectivity index (χ1) is 9.54. The van der Waals surface area contributed by atoms with Crippen molar-refractivity contribution in [1.82, 2.24) is 10.6 Å². The van der Waals surface area contributed by atoms with Crippen LogP contribution >= 0.6 is 0 Å². The van der Waals surface area contributed by atoms with Gasteiger partial charge in [-0.05, 0) is 43.5 Å². The molecule has 0 atom stereocenters. The molecule has 0 aliphatic rings. The first-order valence-corrected chi connectivity index (χ1v) is 6.38. The molecule has 1 aromatic rings. The van der Waals surface area contributed by atoms with Crippen molar-refractivity contribution < 1.29 is 14.4 Å².